The Hall–Kier alpha value is -1.85. The van der Waals surface area contributed by atoms with E-state index in [0.29, 0.717) is 26.0 Å². The quantitative estimate of drug-likeness (QED) is 0.741. The van der Waals surface area contributed by atoms with Crippen LogP contribution >= 0.6 is 0 Å². The lowest BCUT2D eigenvalue weighted by atomic mass is 9.77. The standard InChI is InChI=1S/C19H27NO4/c1-4-8-19(18(21)22)9-5-10-20(14-19)12-15-6-7-17(24-3)16(11-15)13-23-2/h4,6-7,11H,1,5,8-10,12-14H2,2-3H3,(H,21,22). The number of hydrogen-bond donors (Lipinski definition) is 1. The molecule has 1 aromatic carbocycles. The molecule has 1 aromatic rings. The fourth-order valence-corrected chi connectivity index (χ4v) is 3.52. The largest absolute Gasteiger partial charge is 0.496 e. The predicted octanol–water partition coefficient (Wildman–Crippen LogP) is 3.08. The van der Waals surface area contributed by atoms with Crippen molar-refractivity contribution in [3.8, 4) is 5.75 Å². The smallest absolute Gasteiger partial charge is 0.311 e. The molecule has 0 amide bonds. The molecule has 1 saturated heterocycles. The van der Waals surface area contributed by atoms with E-state index < -0.39 is 11.4 Å². The molecule has 0 saturated carbocycles. The lowest BCUT2D eigenvalue weighted by molar-refractivity contribution is -0.152. The van der Waals surface area contributed by atoms with Gasteiger partial charge in [-0.25, -0.2) is 0 Å². The summed E-state index contributed by atoms with van der Waals surface area (Å²) in [5.41, 5.74) is 1.44. The minimum atomic E-state index is -0.720. The maximum absolute atomic E-state index is 11.8. The fraction of sp³-hybridized carbons (Fsp3) is 0.526. The first-order valence-corrected chi connectivity index (χ1v) is 8.26. The molecule has 1 aliphatic heterocycles. The molecule has 0 aliphatic carbocycles. The summed E-state index contributed by atoms with van der Waals surface area (Å²) in [4.78, 5) is 14.0. The number of likely N-dealkylation sites (tertiary alicyclic amines) is 1. The van der Waals surface area contributed by atoms with Gasteiger partial charge in [0.25, 0.3) is 0 Å². The Morgan fingerprint density at radius 3 is 2.88 bits per heavy atom. The Morgan fingerprint density at radius 1 is 1.46 bits per heavy atom. The highest BCUT2D eigenvalue weighted by Crippen LogP contribution is 2.35. The van der Waals surface area contributed by atoms with Gasteiger partial charge >= 0.3 is 5.97 Å². The number of methoxy groups -OCH3 is 2. The minimum absolute atomic E-state index is 0.493. The van der Waals surface area contributed by atoms with Crippen LogP contribution in [0.15, 0.2) is 30.9 Å². The van der Waals surface area contributed by atoms with Gasteiger partial charge in [-0.1, -0.05) is 12.1 Å². The second kappa shape index (κ2) is 8.31. The Balaban J connectivity index is 2.14. The molecule has 1 N–H and O–H groups in total. The number of carboxylic acids is 1. The molecular weight excluding hydrogens is 306 g/mol. The van der Waals surface area contributed by atoms with Crippen LogP contribution in [-0.4, -0.2) is 43.3 Å². The van der Waals surface area contributed by atoms with E-state index in [0.717, 1.165) is 36.4 Å². The number of ether oxygens (including phenoxy) is 2. The van der Waals surface area contributed by atoms with Gasteiger partial charge in [-0.3, -0.25) is 9.69 Å². The monoisotopic (exact) mass is 333 g/mol. The van der Waals surface area contributed by atoms with Crippen molar-refractivity contribution in [1.82, 2.24) is 4.90 Å². The summed E-state index contributed by atoms with van der Waals surface area (Å²) in [6.45, 7) is 6.42. The molecular formula is C19H27NO4. The highest BCUT2D eigenvalue weighted by Gasteiger charge is 2.41. The third kappa shape index (κ3) is 4.16. The number of piperidine rings is 1. The number of carbonyl (C=O) groups is 1. The fourth-order valence-electron chi connectivity index (χ4n) is 3.52. The molecule has 1 fully saturated rings. The maximum atomic E-state index is 11.8. The Morgan fingerprint density at radius 2 is 2.25 bits per heavy atom. The summed E-state index contributed by atoms with van der Waals surface area (Å²) >= 11 is 0. The van der Waals surface area contributed by atoms with E-state index >= 15 is 0 Å². The highest BCUT2D eigenvalue weighted by atomic mass is 16.5. The number of nitrogens with zero attached hydrogens (tertiary/aromatic N) is 1. The molecule has 24 heavy (non-hydrogen) atoms. The molecule has 1 atom stereocenters. The minimum Gasteiger partial charge on any atom is -0.496 e. The van der Waals surface area contributed by atoms with E-state index in [-0.39, 0.29) is 0 Å². The van der Waals surface area contributed by atoms with E-state index in [2.05, 4.69) is 17.5 Å². The molecule has 0 spiro atoms. The van der Waals surface area contributed by atoms with E-state index in [1.54, 1.807) is 20.3 Å². The Kier molecular flexibility index (Phi) is 6.40. The van der Waals surface area contributed by atoms with Crippen molar-refractivity contribution in [2.24, 2.45) is 5.41 Å². The first-order valence-electron chi connectivity index (χ1n) is 8.26. The molecule has 0 radical (unpaired) electrons. The molecule has 2 rings (SSSR count). The van der Waals surface area contributed by atoms with Crippen LogP contribution in [0.3, 0.4) is 0 Å². The van der Waals surface area contributed by atoms with Crippen molar-refractivity contribution in [2.45, 2.75) is 32.4 Å². The topological polar surface area (TPSA) is 59.0 Å². The zero-order chi connectivity index (χ0) is 17.6. The molecule has 0 bridgehead atoms. The number of carboxylic acid groups (broad SMARTS) is 1. The number of rotatable bonds is 8. The third-order valence-electron chi connectivity index (χ3n) is 4.70. The molecule has 132 valence electrons. The second-order valence-electron chi connectivity index (χ2n) is 6.47. The van der Waals surface area contributed by atoms with Gasteiger partial charge in [0, 0.05) is 25.8 Å². The van der Waals surface area contributed by atoms with E-state index in [1.807, 2.05) is 12.1 Å². The van der Waals surface area contributed by atoms with Crippen LogP contribution in [-0.2, 0) is 22.7 Å². The van der Waals surface area contributed by atoms with Gasteiger partial charge in [-0.15, -0.1) is 6.58 Å². The van der Waals surface area contributed by atoms with E-state index in [9.17, 15) is 9.90 Å². The van der Waals surface area contributed by atoms with Gasteiger partial charge in [0.05, 0.1) is 19.1 Å². The van der Waals surface area contributed by atoms with Crippen molar-refractivity contribution in [2.75, 3.05) is 27.3 Å². The number of benzene rings is 1. The zero-order valence-corrected chi connectivity index (χ0v) is 14.6. The van der Waals surface area contributed by atoms with Gasteiger partial charge < -0.3 is 14.6 Å². The van der Waals surface area contributed by atoms with E-state index in [1.165, 1.54) is 0 Å². The molecule has 5 heteroatoms. The summed E-state index contributed by atoms with van der Waals surface area (Å²) in [5.74, 6) is 0.0905. The maximum Gasteiger partial charge on any atom is 0.311 e. The van der Waals surface area contributed by atoms with Gasteiger partial charge in [0.1, 0.15) is 5.75 Å². The average molecular weight is 333 g/mol. The summed E-state index contributed by atoms with van der Waals surface area (Å²) in [7, 11) is 3.31. The van der Waals surface area contributed by atoms with Crippen molar-refractivity contribution in [3.05, 3.63) is 42.0 Å². The first-order chi connectivity index (χ1) is 11.5. The van der Waals surface area contributed by atoms with Crippen molar-refractivity contribution >= 4 is 5.97 Å². The normalized spacial score (nSPS) is 21.4. The van der Waals surface area contributed by atoms with Crippen molar-refractivity contribution in [3.63, 3.8) is 0 Å². The van der Waals surface area contributed by atoms with Gasteiger partial charge in [-0.2, -0.15) is 0 Å². The van der Waals surface area contributed by atoms with Crippen LogP contribution in [0.5, 0.6) is 5.75 Å². The lowest BCUT2D eigenvalue weighted by Crippen LogP contribution is -2.47. The number of allylic oxidation sites excluding steroid dienone is 1. The summed E-state index contributed by atoms with van der Waals surface area (Å²) in [6.07, 6.45) is 3.83. The van der Waals surface area contributed by atoms with Crippen LogP contribution in [0.25, 0.3) is 0 Å². The van der Waals surface area contributed by atoms with Crippen LogP contribution < -0.4 is 4.74 Å². The predicted molar refractivity (Wildman–Crippen MR) is 93.1 cm³/mol. The number of hydrogen-bond acceptors (Lipinski definition) is 4. The Bertz CT molecular complexity index is 587. The molecule has 1 unspecified atom stereocenters. The summed E-state index contributed by atoms with van der Waals surface area (Å²) in [6, 6.07) is 6.05. The van der Waals surface area contributed by atoms with Crippen LogP contribution in [0.1, 0.15) is 30.4 Å². The number of aliphatic carboxylic acids is 1. The van der Waals surface area contributed by atoms with Crippen molar-refractivity contribution < 1.29 is 19.4 Å². The van der Waals surface area contributed by atoms with Crippen molar-refractivity contribution in [1.29, 1.82) is 0 Å². The van der Waals surface area contributed by atoms with Crippen LogP contribution in [0, 0.1) is 5.41 Å². The summed E-state index contributed by atoms with van der Waals surface area (Å²) < 4.78 is 10.6. The molecule has 0 aromatic heterocycles. The average Bonchev–Trinajstić information content (AvgIpc) is 2.56. The third-order valence-corrected chi connectivity index (χ3v) is 4.70. The van der Waals surface area contributed by atoms with Gasteiger partial charge in [0.2, 0.25) is 0 Å². The Labute approximate surface area is 143 Å². The zero-order valence-electron chi connectivity index (χ0n) is 14.6. The molecule has 1 aliphatic rings. The van der Waals surface area contributed by atoms with Gasteiger partial charge in [-0.05, 0) is 43.5 Å². The molecule has 5 nitrogen and oxygen atoms in total. The first kappa shape index (κ1) is 18.5. The summed E-state index contributed by atoms with van der Waals surface area (Å²) in [5, 5.41) is 9.68. The SMILES string of the molecule is C=CCC1(C(=O)O)CCCN(Cc2ccc(OC)c(COC)c2)C1. The highest BCUT2D eigenvalue weighted by molar-refractivity contribution is 5.75. The van der Waals surface area contributed by atoms with Crippen LogP contribution in [0.2, 0.25) is 0 Å². The van der Waals surface area contributed by atoms with Gasteiger partial charge in [0.15, 0.2) is 0 Å². The van der Waals surface area contributed by atoms with E-state index in [4.69, 9.17) is 9.47 Å². The molecule has 1 heterocycles. The van der Waals surface area contributed by atoms with Crippen LogP contribution in [0.4, 0.5) is 0 Å². The lowest BCUT2D eigenvalue weighted by Gasteiger charge is -2.39. The second-order valence-corrected chi connectivity index (χ2v) is 6.47.